The third-order valence-corrected chi connectivity index (χ3v) is 5.54. The van der Waals surface area contributed by atoms with Gasteiger partial charge >= 0.3 is 12.3 Å². The van der Waals surface area contributed by atoms with Gasteiger partial charge in [0.2, 0.25) is 0 Å². The van der Waals surface area contributed by atoms with Gasteiger partial charge in [-0.05, 0) is 84.8 Å². The van der Waals surface area contributed by atoms with Crippen molar-refractivity contribution in [2.75, 3.05) is 6.54 Å². The maximum absolute atomic E-state index is 12.8. The molecule has 0 saturated heterocycles. The van der Waals surface area contributed by atoms with Crippen molar-refractivity contribution in [1.29, 1.82) is 0 Å². The Bertz CT molecular complexity index is 755. The van der Waals surface area contributed by atoms with Gasteiger partial charge in [-0.25, -0.2) is 9.78 Å². The van der Waals surface area contributed by atoms with Gasteiger partial charge in [-0.2, -0.15) is 13.2 Å². The predicted octanol–water partition coefficient (Wildman–Crippen LogP) is 4.98. The molecule has 1 saturated carbocycles. The fourth-order valence-corrected chi connectivity index (χ4v) is 4.05. The van der Waals surface area contributed by atoms with Crippen molar-refractivity contribution in [2.45, 2.75) is 96.2 Å². The number of amides is 1. The van der Waals surface area contributed by atoms with Crippen LogP contribution in [-0.2, 0) is 10.9 Å². The number of alkyl carbamates (subject to hydrolysis) is 1. The lowest BCUT2D eigenvalue weighted by Gasteiger charge is -2.36. The molecule has 1 aliphatic rings. The molecule has 0 aliphatic heterocycles. The highest BCUT2D eigenvalue weighted by atomic mass is 19.4. The highest BCUT2D eigenvalue weighted by molar-refractivity contribution is 5.68. The zero-order valence-electron chi connectivity index (χ0n) is 19.6. The summed E-state index contributed by atoms with van der Waals surface area (Å²) in [5.74, 6) is 0.456. The molecule has 9 heteroatoms. The number of alkyl halides is 3. The summed E-state index contributed by atoms with van der Waals surface area (Å²) in [5.41, 5.74) is -1.84. The van der Waals surface area contributed by atoms with Crippen LogP contribution in [0.4, 0.5) is 18.0 Å². The maximum atomic E-state index is 12.8. The van der Waals surface area contributed by atoms with Crippen molar-refractivity contribution in [3.05, 3.63) is 29.6 Å². The minimum atomic E-state index is -4.54. The molecule has 1 fully saturated rings. The van der Waals surface area contributed by atoms with Crippen molar-refractivity contribution in [2.24, 2.45) is 5.92 Å². The van der Waals surface area contributed by atoms with Gasteiger partial charge in [0.15, 0.2) is 0 Å². The van der Waals surface area contributed by atoms with E-state index in [1.165, 1.54) is 12.1 Å². The van der Waals surface area contributed by atoms with Crippen molar-refractivity contribution >= 4 is 6.09 Å². The molecule has 1 aliphatic carbocycles. The quantitative estimate of drug-likeness (QED) is 0.536. The van der Waals surface area contributed by atoms with E-state index in [1.807, 2.05) is 34.6 Å². The van der Waals surface area contributed by atoms with Crippen molar-refractivity contribution < 1.29 is 27.8 Å². The molecule has 1 aromatic heterocycles. The van der Waals surface area contributed by atoms with E-state index in [1.54, 1.807) is 0 Å². The van der Waals surface area contributed by atoms with Gasteiger partial charge in [0.05, 0.1) is 5.69 Å². The first-order valence-electron chi connectivity index (χ1n) is 11.1. The summed E-state index contributed by atoms with van der Waals surface area (Å²) in [6.45, 7) is 9.64. The second-order valence-electron chi connectivity index (χ2n) is 10.3. The van der Waals surface area contributed by atoms with Gasteiger partial charge in [-0.1, -0.05) is 6.07 Å². The number of carbonyl (C=O) groups excluding carboxylic acids is 1. The number of β-amino-alcohol motifs (C(OH)–C–C–N with tert-alkyl or cyclic N) is 1. The first-order valence-corrected chi connectivity index (χ1v) is 11.1. The zero-order chi connectivity index (χ0) is 24.2. The molecule has 32 heavy (non-hydrogen) atoms. The summed E-state index contributed by atoms with van der Waals surface area (Å²) in [4.78, 5) is 15.5. The summed E-state index contributed by atoms with van der Waals surface area (Å²) < 4.78 is 43.9. The van der Waals surface area contributed by atoms with Crippen LogP contribution in [0.15, 0.2) is 18.2 Å². The number of hydrogen-bond donors (Lipinski definition) is 3. The molecule has 0 bridgehead atoms. The summed E-state index contributed by atoms with van der Waals surface area (Å²) >= 11 is 0. The van der Waals surface area contributed by atoms with Gasteiger partial charge in [-0.3, -0.25) is 0 Å². The van der Waals surface area contributed by atoms with Crippen LogP contribution in [0.2, 0.25) is 0 Å². The van der Waals surface area contributed by atoms with Crippen molar-refractivity contribution in [3.8, 4) is 0 Å². The van der Waals surface area contributed by atoms with Crippen LogP contribution in [-0.4, -0.2) is 39.9 Å². The highest BCUT2D eigenvalue weighted by Gasteiger charge is 2.33. The van der Waals surface area contributed by atoms with E-state index in [0.29, 0.717) is 5.92 Å². The highest BCUT2D eigenvalue weighted by Crippen LogP contribution is 2.32. The average Bonchev–Trinajstić information content (AvgIpc) is 2.65. The Hall–Kier alpha value is -1.87. The van der Waals surface area contributed by atoms with Crippen molar-refractivity contribution in [1.82, 2.24) is 15.6 Å². The molecule has 0 aromatic carbocycles. The largest absolute Gasteiger partial charge is 0.444 e. The fraction of sp³-hybridized carbons (Fsp3) is 0.739. The number of rotatable bonds is 7. The molecule has 1 amide bonds. The van der Waals surface area contributed by atoms with Crippen LogP contribution in [0.25, 0.3) is 0 Å². The molecule has 0 radical (unpaired) electrons. The fourth-order valence-electron chi connectivity index (χ4n) is 4.05. The van der Waals surface area contributed by atoms with Crippen LogP contribution in [0.1, 0.15) is 84.2 Å². The van der Waals surface area contributed by atoms with Gasteiger partial charge in [0.25, 0.3) is 0 Å². The number of aliphatic hydroxyl groups is 1. The van der Waals surface area contributed by atoms with Crippen molar-refractivity contribution in [3.63, 3.8) is 0 Å². The van der Waals surface area contributed by atoms with Crippen LogP contribution < -0.4 is 10.6 Å². The third kappa shape index (κ3) is 8.94. The van der Waals surface area contributed by atoms with Gasteiger partial charge in [0.1, 0.15) is 17.4 Å². The Morgan fingerprint density at radius 1 is 1.16 bits per heavy atom. The Balaban J connectivity index is 1.79. The minimum absolute atomic E-state index is 0.00292. The number of carbonyl (C=O) groups is 1. The average molecular weight is 460 g/mol. The first kappa shape index (κ1) is 26.4. The second-order valence-corrected chi connectivity index (χ2v) is 10.3. The monoisotopic (exact) mass is 459 g/mol. The van der Waals surface area contributed by atoms with E-state index >= 15 is 0 Å². The standard InChI is InChI=1S/C23H36F3N3O3/c1-21(2,3)32-20(31)28-16-11-9-15(10-12-16)13-22(4,5)27-14-18(30)17-7-6-8-19(29-17)23(24,25)26/h6-8,15-16,18,27,30H,9-14H2,1-5H3,(H,28,31)/t15?,16?,18-/m0/s1. The van der Waals surface area contributed by atoms with Crippen LogP contribution >= 0.6 is 0 Å². The van der Waals surface area contributed by atoms with Crippen LogP contribution in [0, 0.1) is 5.92 Å². The molecule has 0 spiro atoms. The first-order chi connectivity index (χ1) is 14.6. The van der Waals surface area contributed by atoms with Gasteiger partial charge in [0, 0.05) is 18.1 Å². The summed E-state index contributed by atoms with van der Waals surface area (Å²) in [6.07, 6.45) is -1.54. The topological polar surface area (TPSA) is 83.5 Å². The Morgan fingerprint density at radius 3 is 2.34 bits per heavy atom. The Labute approximate surface area is 188 Å². The van der Waals surface area contributed by atoms with Crippen LogP contribution in [0.3, 0.4) is 0 Å². The SMILES string of the molecule is CC(C)(CC1CCC(NC(=O)OC(C)(C)C)CC1)NC[C@H](O)c1cccc(C(F)(F)F)n1. The number of hydrogen-bond acceptors (Lipinski definition) is 5. The Kier molecular flexibility index (Phi) is 8.56. The molecule has 182 valence electrons. The lowest BCUT2D eigenvalue weighted by molar-refractivity contribution is -0.141. The van der Waals surface area contributed by atoms with E-state index in [0.717, 1.165) is 38.2 Å². The smallest absolute Gasteiger partial charge is 0.433 e. The predicted molar refractivity (Wildman–Crippen MR) is 116 cm³/mol. The third-order valence-electron chi connectivity index (χ3n) is 5.54. The number of nitrogens with one attached hydrogen (secondary N) is 2. The number of pyridine rings is 1. The molecular weight excluding hydrogens is 423 g/mol. The summed E-state index contributed by atoms with van der Waals surface area (Å²) in [5, 5.41) is 16.5. The van der Waals surface area contributed by atoms with Gasteiger partial charge < -0.3 is 20.5 Å². The van der Waals surface area contributed by atoms with E-state index in [9.17, 15) is 23.1 Å². The molecule has 3 N–H and O–H groups in total. The maximum Gasteiger partial charge on any atom is 0.433 e. The minimum Gasteiger partial charge on any atom is -0.444 e. The Morgan fingerprint density at radius 2 is 1.78 bits per heavy atom. The zero-order valence-corrected chi connectivity index (χ0v) is 19.6. The van der Waals surface area contributed by atoms with E-state index in [-0.39, 0.29) is 29.9 Å². The number of nitrogens with zero attached hydrogens (tertiary/aromatic N) is 1. The van der Waals surface area contributed by atoms with Crippen LogP contribution in [0.5, 0.6) is 0 Å². The lowest BCUT2D eigenvalue weighted by atomic mass is 9.79. The van der Waals surface area contributed by atoms with E-state index in [2.05, 4.69) is 15.6 Å². The molecule has 1 heterocycles. The molecule has 1 atom stereocenters. The molecule has 2 rings (SSSR count). The van der Waals surface area contributed by atoms with E-state index in [4.69, 9.17) is 4.74 Å². The second kappa shape index (κ2) is 10.4. The summed E-state index contributed by atoms with van der Waals surface area (Å²) in [7, 11) is 0. The number of ether oxygens (including phenoxy) is 1. The number of halogens is 3. The molecular formula is C23H36F3N3O3. The molecule has 1 aromatic rings. The van der Waals surface area contributed by atoms with Gasteiger partial charge in [-0.15, -0.1) is 0 Å². The normalized spacial score (nSPS) is 21.2. The lowest BCUT2D eigenvalue weighted by Crippen LogP contribution is -2.45. The molecule has 0 unspecified atom stereocenters. The van der Waals surface area contributed by atoms with E-state index < -0.39 is 23.6 Å². The number of aromatic nitrogens is 1. The summed E-state index contributed by atoms with van der Waals surface area (Å²) in [6, 6.07) is 3.64. The molecule has 6 nitrogen and oxygen atoms in total. The number of aliphatic hydroxyl groups excluding tert-OH is 1.